The number of rotatable bonds is 3. The van der Waals surface area contributed by atoms with Crippen LogP contribution >= 0.6 is 0 Å². The van der Waals surface area contributed by atoms with E-state index in [4.69, 9.17) is 4.74 Å². The Morgan fingerprint density at radius 3 is 2.48 bits per heavy atom. The number of amides is 1. The highest BCUT2D eigenvalue weighted by atomic mass is 19.1. The van der Waals surface area contributed by atoms with Crippen molar-refractivity contribution in [3.05, 3.63) is 59.9 Å². The summed E-state index contributed by atoms with van der Waals surface area (Å²) in [5.41, 5.74) is 0.527. The first-order valence-corrected chi connectivity index (χ1v) is 5.90. The van der Waals surface area contributed by atoms with Crippen LogP contribution in [0.15, 0.2) is 48.5 Å². The number of ether oxygens (including phenoxy) is 1. The number of halogens is 1. The van der Waals surface area contributed by atoms with Crippen molar-refractivity contribution in [1.29, 1.82) is 0 Å². The lowest BCUT2D eigenvalue weighted by atomic mass is 10.2. The van der Waals surface area contributed by atoms with Gasteiger partial charge in [0.15, 0.2) is 0 Å². The third-order valence-corrected chi connectivity index (χ3v) is 2.47. The average Bonchev–Trinajstić information content (AvgIpc) is 2.38. The van der Waals surface area contributed by atoms with Crippen LogP contribution in [0, 0.1) is 5.82 Å². The average molecular weight is 291 g/mol. The van der Waals surface area contributed by atoms with Gasteiger partial charge in [-0.25, -0.2) is 4.39 Å². The van der Waals surface area contributed by atoms with Gasteiger partial charge in [0.2, 0.25) is 0 Å². The Labute approximate surface area is 120 Å². The van der Waals surface area contributed by atoms with Gasteiger partial charge in [0.1, 0.15) is 11.6 Å². The van der Waals surface area contributed by atoms with Crippen LogP contribution in [-0.4, -0.2) is 17.4 Å². The van der Waals surface area contributed by atoms with Gasteiger partial charge >= 0.3 is 5.97 Å². The largest absolute Gasteiger partial charge is 0.426 e. The number of benzene rings is 2. The first kappa shape index (κ1) is 16.3. The summed E-state index contributed by atoms with van der Waals surface area (Å²) in [6.45, 7) is 1.25. The van der Waals surface area contributed by atoms with E-state index in [1.54, 1.807) is 18.2 Å². The highest BCUT2D eigenvalue weighted by molar-refractivity contribution is 6.06. The zero-order valence-corrected chi connectivity index (χ0v) is 11.2. The zero-order chi connectivity index (χ0) is 14.5. The second-order valence-electron chi connectivity index (χ2n) is 4.05. The van der Waals surface area contributed by atoms with Crippen molar-refractivity contribution in [2.24, 2.45) is 0 Å². The first-order chi connectivity index (χ1) is 9.56. The van der Waals surface area contributed by atoms with Crippen molar-refractivity contribution in [2.75, 3.05) is 5.32 Å². The smallest absolute Gasteiger partial charge is 0.308 e. The third kappa shape index (κ3) is 4.39. The summed E-state index contributed by atoms with van der Waals surface area (Å²) in [5.74, 6) is -1.28. The van der Waals surface area contributed by atoms with Crippen LogP contribution in [0.4, 0.5) is 10.1 Å². The Balaban J connectivity index is 0.00000220. The van der Waals surface area contributed by atoms with E-state index in [9.17, 15) is 14.0 Å². The van der Waals surface area contributed by atoms with Crippen molar-refractivity contribution >= 4 is 17.6 Å². The molecule has 0 saturated carbocycles. The molecule has 6 heteroatoms. The molecule has 3 N–H and O–H groups in total. The number of para-hydroxylation sites is 1. The Kier molecular flexibility index (Phi) is 5.57. The quantitative estimate of drug-likeness (QED) is 0.694. The number of hydrogen-bond acceptors (Lipinski definition) is 3. The number of hydrogen-bond donors (Lipinski definition) is 1. The summed E-state index contributed by atoms with van der Waals surface area (Å²) in [4.78, 5) is 23.1. The van der Waals surface area contributed by atoms with E-state index in [-0.39, 0.29) is 16.8 Å². The number of carbonyl (C=O) groups excluding carboxylic acids is 2. The molecule has 2 aromatic rings. The number of anilines is 1. The minimum absolute atomic E-state index is 0. The van der Waals surface area contributed by atoms with Crippen molar-refractivity contribution in [3.63, 3.8) is 0 Å². The summed E-state index contributed by atoms with van der Waals surface area (Å²) >= 11 is 0. The van der Waals surface area contributed by atoms with Gasteiger partial charge in [-0.2, -0.15) is 0 Å². The SMILES string of the molecule is CC(=O)Oc1ccccc1C(=O)Nc1cccc(F)c1.O. The first-order valence-electron chi connectivity index (χ1n) is 5.90. The van der Waals surface area contributed by atoms with Crippen molar-refractivity contribution in [1.82, 2.24) is 0 Å². The second-order valence-corrected chi connectivity index (χ2v) is 4.05. The highest BCUT2D eigenvalue weighted by Gasteiger charge is 2.13. The molecule has 0 spiro atoms. The molecular formula is C15H14FNO4. The van der Waals surface area contributed by atoms with E-state index in [0.717, 1.165) is 0 Å². The van der Waals surface area contributed by atoms with Crippen molar-refractivity contribution < 1.29 is 24.2 Å². The van der Waals surface area contributed by atoms with E-state index < -0.39 is 17.7 Å². The molecule has 5 nitrogen and oxygen atoms in total. The topological polar surface area (TPSA) is 86.9 Å². The van der Waals surface area contributed by atoms with Gasteiger partial charge in [-0.3, -0.25) is 9.59 Å². The maximum absolute atomic E-state index is 13.1. The lowest BCUT2D eigenvalue weighted by molar-refractivity contribution is -0.131. The summed E-state index contributed by atoms with van der Waals surface area (Å²) in [5, 5.41) is 2.54. The number of nitrogens with one attached hydrogen (secondary N) is 1. The molecule has 2 aromatic carbocycles. The summed E-state index contributed by atoms with van der Waals surface area (Å²) in [7, 11) is 0. The molecule has 0 unspecified atom stereocenters. The maximum atomic E-state index is 13.1. The lowest BCUT2D eigenvalue weighted by Gasteiger charge is -2.09. The molecule has 0 aliphatic carbocycles. The monoisotopic (exact) mass is 291 g/mol. The van der Waals surface area contributed by atoms with Crippen LogP contribution in [0.5, 0.6) is 5.75 Å². The van der Waals surface area contributed by atoms with Gasteiger partial charge in [-0.15, -0.1) is 0 Å². The van der Waals surface area contributed by atoms with E-state index in [0.29, 0.717) is 5.69 Å². The van der Waals surface area contributed by atoms with Crippen molar-refractivity contribution in [3.8, 4) is 5.75 Å². The minimum atomic E-state index is -0.518. The Morgan fingerprint density at radius 2 is 1.81 bits per heavy atom. The molecule has 0 heterocycles. The molecule has 1 amide bonds. The molecule has 0 fully saturated rings. The van der Waals surface area contributed by atoms with Gasteiger partial charge in [0.25, 0.3) is 5.91 Å². The molecule has 110 valence electrons. The fraction of sp³-hybridized carbons (Fsp3) is 0.0667. The van der Waals surface area contributed by atoms with Crippen LogP contribution in [0.1, 0.15) is 17.3 Å². The van der Waals surface area contributed by atoms with E-state index >= 15 is 0 Å². The zero-order valence-electron chi connectivity index (χ0n) is 11.2. The van der Waals surface area contributed by atoms with Crippen LogP contribution in [0.2, 0.25) is 0 Å². The molecule has 21 heavy (non-hydrogen) atoms. The molecule has 0 aliphatic heterocycles. The van der Waals surface area contributed by atoms with Gasteiger partial charge in [0.05, 0.1) is 5.56 Å². The van der Waals surface area contributed by atoms with E-state index in [1.165, 1.54) is 37.3 Å². The molecule has 0 saturated heterocycles. The molecule has 0 atom stereocenters. The lowest BCUT2D eigenvalue weighted by Crippen LogP contribution is -2.14. The fourth-order valence-electron chi connectivity index (χ4n) is 1.66. The molecule has 0 radical (unpaired) electrons. The standard InChI is InChI=1S/C15H12FNO3.H2O/c1-10(18)20-14-8-3-2-7-13(14)15(19)17-12-6-4-5-11(16)9-12;/h2-9H,1H3,(H,17,19);1H2. The normalized spacial score (nSPS) is 9.43. The number of carbonyl (C=O) groups is 2. The van der Waals surface area contributed by atoms with Gasteiger partial charge in [0, 0.05) is 12.6 Å². The van der Waals surface area contributed by atoms with E-state index in [1.807, 2.05) is 0 Å². The molecule has 0 aromatic heterocycles. The van der Waals surface area contributed by atoms with Crippen molar-refractivity contribution in [2.45, 2.75) is 6.92 Å². The number of esters is 1. The molecule has 2 rings (SSSR count). The molecular weight excluding hydrogens is 277 g/mol. The Hall–Kier alpha value is -2.73. The van der Waals surface area contributed by atoms with Crippen LogP contribution in [-0.2, 0) is 4.79 Å². The predicted octanol–water partition coefficient (Wildman–Crippen LogP) is 2.18. The van der Waals surface area contributed by atoms with Gasteiger partial charge in [-0.1, -0.05) is 18.2 Å². The van der Waals surface area contributed by atoms with Gasteiger partial charge in [-0.05, 0) is 30.3 Å². The third-order valence-electron chi connectivity index (χ3n) is 2.47. The Morgan fingerprint density at radius 1 is 1.10 bits per heavy atom. The van der Waals surface area contributed by atoms with E-state index in [2.05, 4.69) is 5.32 Å². The van der Waals surface area contributed by atoms with Gasteiger partial charge < -0.3 is 15.5 Å². The molecule has 0 bridgehead atoms. The summed E-state index contributed by atoms with van der Waals surface area (Å²) in [6, 6.07) is 11.9. The van der Waals surface area contributed by atoms with Crippen LogP contribution in [0.25, 0.3) is 0 Å². The fourth-order valence-corrected chi connectivity index (χ4v) is 1.66. The van der Waals surface area contributed by atoms with Crippen LogP contribution < -0.4 is 10.1 Å². The highest BCUT2D eigenvalue weighted by Crippen LogP contribution is 2.20. The summed E-state index contributed by atoms with van der Waals surface area (Å²) in [6.07, 6.45) is 0. The predicted molar refractivity (Wildman–Crippen MR) is 75.7 cm³/mol. The minimum Gasteiger partial charge on any atom is -0.426 e. The summed E-state index contributed by atoms with van der Waals surface area (Å²) < 4.78 is 18.0. The second kappa shape index (κ2) is 7.16. The Bertz CT molecular complexity index is 658. The van der Waals surface area contributed by atoms with Crippen LogP contribution in [0.3, 0.4) is 0 Å². The maximum Gasteiger partial charge on any atom is 0.308 e. The molecule has 0 aliphatic rings.